The summed E-state index contributed by atoms with van der Waals surface area (Å²) >= 11 is 0. The number of carbonyl (C=O) groups excluding carboxylic acids is 1. The van der Waals surface area contributed by atoms with E-state index in [1.807, 2.05) is 18.2 Å². The molecule has 0 saturated carbocycles. The predicted molar refractivity (Wildman–Crippen MR) is 79.6 cm³/mol. The Morgan fingerprint density at radius 2 is 2.32 bits per heavy atom. The number of piperidine rings is 1. The van der Waals surface area contributed by atoms with Crippen molar-refractivity contribution in [1.29, 1.82) is 0 Å². The van der Waals surface area contributed by atoms with E-state index < -0.39 is 0 Å². The molecule has 1 aliphatic rings. The van der Waals surface area contributed by atoms with Crippen molar-refractivity contribution in [2.75, 3.05) is 30.3 Å². The van der Waals surface area contributed by atoms with E-state index in [2.05, 4.69) is 22.9 Å². The standard InChI is InChI=1S/C15H23N3O/c1-11-5-6-14(18-12(2)19)8-15(11)17-10-13-4-3-7-16-9-13/h5-6,8,13,16-17H,3-4,7,9-10H2,1-2H3,(H,18,19). The monoisotopic (exact) mass is 261 g/mol. The highest BCUT2D eigenvalue weighted by Gasteiger charge is 2.12. The molecule has 2 rings (SSSR count). The summed E-state index contributed by atoms with van der Waals surface area (Å²) in [5, 5.41) is 9.75. The largest absolute Gasteiger partial charge is 0.384 e. The van der Waals surface area contributed by atoms with Gasteiger partial charge in [0.2, 0.25) is 5.91 Å². The summed E-state index contributed by atoms with van der Waals surface area (Å²) < 4.78 is 0. The second-order valence-electron chi connectivity index (χ2n) is 5.30. The van der Waals surface area contributed by atoms with Crippen LogP contribution in [0.5, 0.6) is 0 Å². The number of anilines is 2. The Morgan fingerprint density at radius 1 is 1.47 bits per heavy atom. The van der Waals surface area contributed by atoms with Crippen LogP contribution in [0.25, 0.3) is 0 Å². The van der Waals surface area contributed by atoms with Gasteiger partial charge in [-0.15, -0.1) is 0 Å². The zero-order chi connectivity index (χ0) is 13.7. The van der Waals surface area contributed by atoms with E-state index in [1.165, 1.54) is 25.3 Å². The molecule has 1 aromatic carbocycles. The van der Waals surface area contributed by atoms with Gasteiger partial charge in [0.05, 0.1) is 0 Å². The number of nitrogens with one attached hydrogen (secondary N) is 3. The Bertz CT molecular complexity index is 439. The maximum Gasteiger partial charge on any atom is 0.221 e. The minimum atomic E-state index is -0.0358. The van der Waals surface area contributed by atoms with Crippen LogP contribution in [0.4, 0.5) is 11.4 Å². The van der Waals surface area contributed by atoms with Gasteiger partial charge in [-0.3, -0.25) is 4.79 Å². The average Bonchev–Trinajstić information content (AvgIpc) is 2.40. The molecule has 104 valence electrons. The van der Waals surface area contributed by atoms with Gasteiger partial charge in [-0.25, -0.2) is 0 Å². The fraction of sp³-hybridized carbons (Fsp3) is 0.533. The van der Waals surface area contributed by atoms with Crippen LogP contribution in [0.3, 0.4) is 0 Å². The normalized spacial score (nSPS) is 18.9. The van der Waals surface area contributed by atoms with Crippen LogP contribution in [0.1, 0.15) is 25.3 Å². The van der Waals surface area contributed by atoms with Gasteiger partial charge in [-0.1, -0.05) is 6.07 Å². The number of amides is 1. The van der Waals surface area contributed by atoms with Crippen LogP contribution in [0.2, 0.25) is 0 Å². The van der Waals surface area contributed by atoms with Gasteiger partial charge in [-0.05, 0) is 56.5 Å². The predicted octanol–water partition coefficient (Wildman–Crippen LogP) is 2.36. The van der Waals surface area contributed by atoms with Gasteiger partial charge in [0, 0.05) is 24.8 Å². The lowest BCUT2D eigenvalue weighted by Crippen LogP contribution is -2.33. The molecule has 0 aromatic heterocycles. The van der Waals surface area contributed by atoms with Crippen molar-refractivity contribution in [3.8, 4) is 0 Å². The number of benzene rings is 1. The Kier molecular flexibility index (Phi) is 4.80. The fourth-order valence-electron chi connectivity index (χ4n) is 2.45. The third-order valence-electron chi connectivity index (χ3n) is 3.54. The van der Waals surface area contributed by atoms with E-state index in [0.717, 1.165) is 31.0 Å². The first-order valence-corrected chi connectivity index (χ1v) is 6.98. The van der Waals surface area contributed by atoms with Crippen molar-refractivity contribution in [3.05, 3.63) is 23.8 Å². The number of aryl methyl sites for hydroxylation is 1. The molecule has 1 fully saturated rings. The van der Waals surface area contributed by atoms with Gasteiger partial charge >= 0.3 is 0 Å². The van der Waals surface area contributed by atoms with Crippen LogP contribution in [0.15, 0.2) is 18.2 Å². The summed E-state index contributed by atoms with van der Waals surface area (Å²) in [5.74, 6) is 0.656. The summed E-state index contributed by atoms with van der Waals surface area (Å²) in [4.78, 5) is 11.1. The zero-order valence-electron chi connectivity index (χ0n) is 11.8. The SMILES string of the molecule is CC(=O)Nc1ccc(C)c(NCC2CCCNC2)c1. The minimum absolute atomic E-state index is 0.0358. The van der Waals surface area contributed by atoms with E-state index in [9.17, 15) is 4.79 Å². The highest BCUT2D eigenvalue weighted by Crippen LogP contribution is 2.21. The molecule has 19 heavy (non-hydrogen) atoms. The molecule has 0 radical (unpaired) electrons. The third-order valence-corrected chi connectivity index (χ3v) is 3.54. The second kappa shape index (κ2) is 6.57. The van der Waals surface area contributed by atoms with Crippen molar-refractivity contribution < 1.29 is 4.79 Å². The number of hydrogen-bond donors (Lipinski definition) is 3. The van der Waals surface area contributed by atoms with Gasteiger partial charge < -0.3 is 16.0 Å². The number of hydrogen-bond acceptors (Lipinski definition) is 3. The summed E-state index contributed by atoms with van der Waals surface area (Å²) in [5.41, 5.74) is 3.16. The van der Waals surface area contributed by atoms with Gasteiger partial charge in [0.1, 0.15) is 0 Å². The van der Waals surface area contributed by atoms with E-state index in [1.54, 1.807) is 0 Å². The van der Waals surface area contributed by atoms with Crippen LogP contribution < -0.4 is 16.0 Å². The van der Waals surface area contributed by atoms with Crippen LogP contribution in [-0.2, 0) is 4.79 Å². The quantitative estimate of drug-likeness (QED) is 0.780. The Labute approximate surface area is 115 Å². The lowest BCUT2D eigenvalue weighted by Gasteiger charge is -2.24. The summed E-state index contributed by atoms with van der Waals surface area (Å²) in [7, 11) is 0. The third kappa shape index (κ3) is 4.24. The topological polar surface area (TPSA) is 53.2 Å². The molecule has 0 aliphatic carbocycles. The molecular formula is C15H23N3O. The fourth-order valence-corrected chi connectivity index (χ4v) is 2.45. The molecule has 3 N–H and O–H groups in total. The lowest BCUT2D eigenvalue weighted by atomic mass is 9.99. The van der Waals surface area contributed by atoms with E-state index in [-0.39, 0.29) is 5.91 Å². The Morgan fingerprint density at radius 3 is 3.00 bits per heavy atom. The molecule has 1 unspecified atom stereocenters. The molecule has 4 heteroatoms. The van der Waals surface area contributed by atoms with Crippen molar-refractivity contribution in [2.45, 2.75) is 26.7 Å². The van der Waals surface area contributed by atoms with Crippen molar-refractivity contribution in [1.82, 2.24) is 5.32 Å². The average molecular weight is 261 g/mol. The van der Waals surface area contributed by atoms with Gasteiger partial charge in [-0.2, -0.15) is 0 Å². The van der Waals surface area contributed by atoms with Crippen LogP contribution >= 0.6 is 0 Å². The molecule has 0 bridgehead atoms. The smallest absolute Gasteiger partial charge is 0.221 e. The second-order valence-corrected chi connectivity index (χ2v) is 5.30. The van der Waals surface area contributed by atoms with Crippen LogP contribution in [-0.4, -0.2) is 25.5 Å². The molecule has 1 atom stereocenters. The molecule has 4 nitrogen and oxygen atoms in total. The van der Waals surface area contributed by atoms with E-state index in [0.29, 0.717) is 5.92 Å². The summed E-state index contributed by atoms with van der Waals surface area (Å²) in [6.07, 6.45) is 2.54. The van der Waals surface area contributed by atoms with Crippen molar-refractivity contribution in [2.24, 2.45) is 5.92 Å². The first kappa shape index (κ1) is 13.9. The Balaban J connectivity index is 1.95. The molecule has 1 aromatic rings. The van der Waals surface area contributed by atoms with Gasteiger partial charge in [0.25, 0.3) is 0 Å². The lowest BCUT2D eigenvalue weighted by molar-refractivity contribution is -0.114. The van der Waals surface area contributed by atoms with E-state index in [4.69, 9.17) is 0 Å². The maximum absolute atomic E-state index is 11.1. The van der Waals surface area contributed by atoms with Crippen LogP contribution in [0, 0.1) is 12.8 Å². The zero-order valence-corrected chi connectivity index (χ0v) is 11.8. The molecular weight excluding hydrogens is 238 g/mol. The first-order chi connectivity index (χ1) is 9.15. The summed E-state index contributed by atoms with van der Waals surface area (Å²) in [6, 6.07) is 5.98. The minimum Gasteiger partial charge on any atom is -0.384 e. The molecule has 1 amide bonds. The number of carbonyl (C=O) groups is 1. The molecule has 0 spiro atoms. The summed E-state index contributed by atoms with van der Waals surface area (Å²) in [6.45, 7) is 6.84. The molecule has 1 saturated heterocycles. The highest BCUT2D eigenvalue weighted by atomic mass is 16.1. The molecule has 1 aliphatic heterocycles. The highest BCUT2D eigenvalue weighted by molar-refractivity contribution is 5.89. The van der Waals surface area contributed by atoms with Crippen molar-refractivity contribution in [3.63, 3.8) is 0 Å². The number of rotatable bonds is 4. The van der Waals surface area contributed by atoms with Gasteiger partial charge in [0.15, 0.2) is 0 Å². The van der Waals surface area contributed by atoms with Crippen molar-refractivity contribution >= 4 is 17.3 Å². The Hall–Kier alpha value is -1.55. The van der Waals surface area contributed by atoms with E-state index >= 15 is 0 Å². The molecule has 1 heterocycles. The maximum atomic E-state index is 11.1. The first-order valence-electron chi connectivity index (χ1n) is 6.98.